The lowest BCUT2D eigenvalue weighted by Gasteiger charge is -2.34. The molecule has 7 nitrogen and oxygen atoms in total. The largest absolute Gasteiger partial charge is 0.384 e. The number of sulfonamides is 1. The van der Waals surface area contributed by atoms with Crippen molar-refractivity contribution < 1.29 is 8.42 Å². The number of aromatic nitrogens is 2. The molecule has 2 aliphatic rings. The zero-order chi connectivity index (χ0) is 14.3. The fourth-order valence-corrected chi connectivity index (χ4v) is 3.23. The van der Waals surface area contributed by atoms with Gasteiger partial charge in [-0.2, -0.15) is 4.31 Å². The Kier molecular flexibility index (Phi) is 3.29. The first kappa shape index (κ1) is 13.6. The molecular formula is C12H19N5O2S. The normalized spacial score (nSPS) is 21.1. The number of nitrogens with two attached hydrogens (primary N) is 1. The molecule has 0 atom stereocenters. The van der Waals surface area contributed by atoms with Crippen LogP contribution < -0.4 is 10.6 Å². The fourth-order valence-electron chi connectivity index (χ4n) is 2.41. The van der Waals surface area contributed by atoms with Gasteiger partial charge in [-0.05, 0) is 12.8 Å². The number of hydrogen-bond acceptors (Lipinski definition) is 6. The highest BCUT2D eigenvalue weighted by atomic mass is 32.2. The monoisotopic (exact) mass is 297 g/mol. The quantitative estimate of drug-likeness (QED) is 0.845. The number of nitrogen functional groups attached to an aromatic ring is 1. The molecule has 8 heteroatoms. The molecule has 0 radical (unpaired) electrons. The summed E-state index contributed by atoms with van der Waals surface area (Å²) in [6, 6.07) is 1.77. The van der Waals surface area contributed by atoms with E-state index >= 15 is 0 Å². The van der Waals surface area contributed by atoms with Crippen LogP contribution in [0, 0.1) is 0 Å². The summed E-state index contributed by atoms with van der Waals surface area (Å²) in [4.78, 5) is 10.9. The van der Waals surface area contributed by atoms with E-state index in [0.717, 1.165) is 24.5 Å². The Bertz CT molecular complexity index is 606. The van der Waals surface area contributed by atoms with Crippen molar-refractivity contribution in [3.05, 3.63) is 11.9 Å². The van der Waals surface area contributed by atoms with E-state index in [4.69, 9.17) is 5.73 Å². The van der Waals surface area contributed by atoms with Crippen LogP contribution in [0.1, 0.15) is 24.6 Å². The Labute approximate surface area is 118 Å². The molecule has 0 aromatic carbocycles. The average molecular weight is 297 g/mol. The van der Waals surface area contributed by atoms with Crippen molar-refractivity contribution in [3.8, 4) is 0 Å². The highest BCUT2D eigenvalue weighted by Gasteiger charge is 2.29. The molecule has 1 saturated carbocycles. The lowest BCUT2D eigenvalue weighted by atomic mass is 10.3. The Morgan fingerprint density at radius 3 is 2.40 bits per heavy atom. The Balaban J connectivity index is 1.74. The van der Waals surface area contributed by atoms with Crippen molar-refractivity contribution >= 4 is 21.7 Å². The second-order valence-corrected chi connectivity index (χ2v) is 7.42. The van der Waals surface area contributed by atoms with Crippen LogP contribution in [0.3, 0.4) is 0 Å². The number of rotatable bonds is 3. The molecule has 3 rings (SSSR count). The standard InChI is InChI=1S/C12H19N5O2S/c1-20(18,19)17-6-4-16(5-7-17)11-8-10(13)14-12(15-11)9-2-3-9/h8-9H,2-7H2,1H3,(H2,13,14,15). The van der Waals surface area contributed by atoms with Gasteiger partial charge in [-0.25, -0.2) is 18.4 Å². The number of piperazine rings is 1. The van der Waals surface area contributed by atoms with Gasteiger partial charge in [0.1, 0.15) is 17.5 Å². The molecule has 0 spiro atoms. The van der Waals surface area contributed by atoms with Crippen LogP contribution in [-0.2, 0) is 10.0 Å². The molecule has 1 aromatic heterocycles. The Hall–Kier alpha value is -1.41. The number of anilines is 2. The molecule has 1 aromatic rings. The molecular weight excluding hydrogens is 278 g/mol. The van der Waals surface area contributed by atoms with E-state index in [1.54, 1.807) is 6.07 Å². The minimum absolute atomic E-state index is 0.453. The minimum atomic E-state index is -3.10. The second kappa shape index (κ2) is 4.85. The second-order valence-electron chi connectivity index (χ2n) is 5.43. The van der Waals surface area contributed by atoms with Crippen LogP contribution in [0.5, 0.6) is 0 Å². The van der Waals surface area contributed by atoms with E-state index in [9.17, 15) is 8.42 Å². The first-order valence-electron chi connectivity index (χ1n) is 6.78. The third kappa shape index (κ3) is 2.85. The third-order valence-electron chi connectivity index (χ3n) is 3.72. The van der Waals surface area contributed by atoms with E-state index in [-0.39, 0.29) is 0 Å². The molecule has 0 bridgehead atoms. The van der Waals surface area contributed by atoms with Crippen LogP contribution in [-0.4, -0.2) is 55.1 Å². The Morgan fingerprint density at radius 1 is 1.20 bits per heavy atom. The summed E-state index contributed by atoms with van der Waals surface area (Å²) < 4.78 is 24.5. The van der Waals surface area contributed by atoms with Crippen LogP contribution in [0.15, 0.2) is 6.07 Å². The van der Waals surface area contributed by atoms with Gasteiger partial charge >= 0.3 is 0 Å². The van der Waals surface area contributed by atoms with E-state index in [1.165, 1.54) is 10.6 Å². The van der Waals surface area contributed by atoms with Gasteiger partial charge in [0, 0.05) is 38.2 Å². The predicted molar refractivity (Wildman–Crippen MR) is 77.0 cm³/mol. The van der Waals surface area contributed by atoms with Crippen LogP contribution in [0.2, 0.25) is 0 Å². The zero-order valence-corrected chi connectivity index (χ0v) is 12.3. The van der Waals surface area contributed by atoms with Crippen LogP contribution in [0.25, 0.3) is 0 Å². The summed E-state index contributed by atoms with van der Waals surface area (Å²) in [5, 5.41) is 0. The smallest absolute Gasteiger partial charge is 0.211 e. The van der Waals surface area contributed by atoms with Gasteiger partial charge in [-0.3, -0.25) is 0 Å². The molecule has 20 heavy (non-hydrogen) atoms. The van der Waals surface area contributed by atoms with Gasteiger partial charge in [0.05, 0.1) is 6.26 Å². The zero-order valence-electron chi connectivity index (χ0n) is 11.5. The molecule has 1 aliphatic carbocycles. The summed E-state index contributed by atoms with van der Waals surface area (Å²) in [7, 11) is -3.10. The van der Waals surface area contributed by atoms with Crippen LogP contribution >= 0.6 is 0 Å². The SMILES string of the molecule is CS(=O)(=O)N1CCN(c2cc(N)nc(C3CC3)n2)CC1. The number of hydrogen-bond donors (Lipinski definition) is 1. The van der Waals surface area contributed by atoms with E-state index in [0.29, 0.717) is 37.9 Å². The Morgan fingerprint density at radius 2 is 1.85 bits per heavy atom. The molecule has 2 heterocycles. The van der Waals surface area contributed by atoms with Gasteiger partial charge in [0.15, 0.2) is 0 Å². The molecule has 2 N–H and O–H groups in total. The molecule has 110 valence electrons. The topological polar surface area (TPSA) is 92.4 Å². The van der Waals surface area contributed by atoms with Crippen molar-refractivity contribution in [2.24, 2.45) is 0 Å². The summed E-state index contributed by atoms with van der Waals surface area (Å²) in [5.74, 6) is 2.58. The highest BCUT2D eigenvalue weighted by molar-refractivity contribution is 7.88. The van der Waals surface area contributed by atoms with Crippen molar-refractivity contribution in [2.45, 2.75) is 18.8 Å². The van der Waals surface area contributed by atoms with Gasteiger partial charge in [0.2, 0.25) is 10.0 Å². The van der Waals surface area contributed by atoms with Crippen molar-refractivity contribution in [1.82, 2.24) is 14.3 Å². The van der Waals surface area contributed by atoms with Crippen LogP contribution in [0.4, 0.5) is 11.6 Å². The van der Waals surface area contributed by atoms with E-state index < -0.39 is 10.0 Å². The summed E-state index contributed by atoms with van der Waals surface area (Å²) in [6.07, 6.45) is 3.51. The third-order valence-corrected chi connectivity index (χ3v) is 5.03. The summed E-state index contributed by atoms with van der Waals surface area (Å²) in [6.45, 7) is 2.24. The van der Waals surface area contributed by atoms with E-state index in [2.05, 4.69) is 14.9 Å². The van der Waals surface area contributed by atoms with Gasteiger partial charge in [0.25, 0.3) is 0 Å². The van der Waals surface area contributed by atoms with Crippen molar-refractivity contribution in [3.63, 3.8) is 0 Å². The molecule has 2 fully saturated rings. The molecule has 0 unspecified atom stereocenters. The van der Waals surface area contributed by atoms with Gasteiger partial charge in [-0.1, -0.05) is 0 Å². The lowest BCUT2D eigenvalue weighted by molar-refractivity contribution is 0.387. The van der Waals surface area contributed by atoms with Crippen molar-refractivity contribution in [2.75, 3.05) is 43.1 Å². The highest BCUT2D eigenvalue weighted by Crippen LogP contribution is 2.38. The maximum Gasteiger partial charge on any atom is 0.211 e. The molecule has 1 aliphatic heterocycles. The van der Waals surface area contributed by atoms with Crippen molar-refractivity contribution in [1.29, 1.82) is 0 Å². The maximum atomic E-state index is 11.5. The van der Waals surface area contributed by atoms with Gasteiger partial charge in [-0.15, -0.1) is 0 Å². The first-order valence-corrected chi connectivity index (χ1v) is 8.63. The number of nitrogens with zero attached hydrogens (tertiary/aromatic N) is 4. The average Bonchev–Trinajstić information content (AvgIpc) is 3.21. The predicted octanol–water partition coefficient (Wildman–Crippen LogP) is 0.0178. The fraction of sp³-hybridized carbons (Fsp3) is 0.667. The van der Waals surface area contributed by atoms with Gasteiger partial charge < -0.3 is 10.6 Å². The minimum Gasteiger partial charge on any atom is -0.384 e. The summed E-state index contributed by atoms with van der Waals surface area (Å²) >= 11 is 0. The maximum absolute atomic E-state index is 11.5. The van der Waals surface area contributed by atoms with E-state index in [1.807, 2.05) is 0 Å². The lowest BCUT2D eigenvalue weighted by Crippen LogP contribution is -2.48. The molecule has 0 amide bonds. The first-order chi connectivity index (χ1) is 9.43. The summed E-state index contributed by atoms with van der Waals surface area (Å²) in [5.41, 5.74) is 5.84. The molecule has 1 saturated heterocycles.